The highest BCUT2D eigenvalue weighted by Crippen LogP contribution is 2.20. The molecule has 1 heterocycles. The molecule has 12 heavy (non-hydrogen) atoms. The summed E-state index contributed by atoms with van der Waals surface area (Å²) < 4.78 is 4.87. The average Bonchev–Trinajstić information content (AvgIpc) is 2.30. The van der Waals surface area contributed by atoms with Gasteiger partial charge in [0.25, 0.3) is 0 Å². The van der Waals surface area contributed by atoms with E-state index in [1.807, 2.05) is 0 Å². The lowest BCUT2D eigenvalue weighted by molar-refractivity contribution is 0.355. The van der Waals surface area contributed by atoms with Crippen molar-refractivity contribution in [2.24, 2.45) is 5.41 Å². The number of hydrogen-bond donors (Lipinski definition) is 1. The van der Waals surface area contributed by atoms with Gasteiger partial charge in [-0.25, -0.2) is 4.79 Å². The fraction of sp³-hybridized carbons (Fsp3) is 0.667. The van der Waals surface area contributed by atoms with Crippen LogP contribution < -0.4 is 5.76 Å². The lowest BCUT2D eigenvalue weighted by Gasteiger charge is -2.16. The molecule has 3 nitrogen and oxygen atoms in total. The summed E-state index contributed by atoms with van der Waals surface area (Å²) in [6, 6.07) is 0. The third-order valence-corrected chi connectivity index (χ3v) is 1.70. The Labute approximate surface area is 71.8 Å². The molecule has 1 N–H and O–H groups in total. The van der Waals surface area contributed by atoms with E-state index >= 15 is 0 Å². The van der Waals surface area contributed by atoms with Crippen LogP contribution in [0.15, 0.2) is 15.4 Å². The van der Waals surface area contributed by atoms with Crippen LogP contribution in [0.3, 0.4) is 0 Å². The van der Waals surface area contributed by atoms with Crippen molar-refractivity contribution in [2.45, 2.75) is 33.6 Å². The largest absolute Gasteiger partial charge is 0.416 e. The molecule has 1 aromatic heterocycles. The molecule has 0 saturated heterocycles. The molecule has 0 aliphatic rings. The Morgan fingerprint density at radius 1 is 1.50 bits per heavy atom. The highest BCUT2D eigenvalue weighted by molar-refractivity contribution is 4.89. The molecule has 0 unspecified atom stereocenters. The Bertz CT molecular complexity index is 290. The Kier molecular flexibility index (Phi) is 2.40. The number of H-pyrrole nitrogens is 1. The molecule has 1 aromatic rings. The molecule has 0 fully saturated rings. The monoisotopic (exact) mass is 169 g/mol. The third kappa shape index (κ3) is 2.95. The highest BCUT2D eigenvalue weighted by Gasteiger charge is 2.11. The maximum absolute atomic E-state index is 10.6. The van der Waals surface area contributed by atoms with Gasteiger partial charge in [-0.15, -0.1) is 0 Å². The van der Waals surface area contributed by atoms with Gasteiger partial charge in [0, 0.05) is 12.6 Å². The molecule has 0 saturated carbocycles. The van der Waals surface area contributed by atoms with E-state index in [0.717, 1.165) is 18.6 Å². The third-order valence-electron chi connectivity index (χ3n) is 1.70. The van der Waals surface area contributed by atoms with E-state index in [2.05, 4.69) is 25.8 Å². The van der Waals surface area contributed by atoms with Crippen molar-refractivity contribution in [3.8, 4) is 0 Å². The Balaban J connectivity index is 2.49. The fourth-order valence-corrected chi connectivity index (χ4v) is 0.939. The number of oxazole rings is 1. The molecule has 3 heteroatoms. The number of aromatic nitrogens is 1. The first-order valence-corrected chi connectivity index (χ1v) is 4.15. The van der Waals surface area contributed by atoms with E-state index in [1.54, 1.807) is 6.20 Å². The number of nitrogens with one attached hydrogen (secondary N) is 1. The van der Waals surface area contributed by atoms with E-state index in [9.17, 15) is 4.79 Å². The predicted octanol–water partition coefficient (Wildman–Crippen LogP) is 1.95. The quantitative estimate of drug-likeness (QED) is 0.735. The molecular weight excluding hydrogens is 154 g/mol. The minimum Gasteiger partial charge on any atom is -0.413 e. The summed E-state index contributed by atoms with van der Waals surface area (Å²) in [6.07, 6.45) is 3.48. The second-order valence-corrected chi connectivity index (χ2v) is 4.21. The minimum atomic E-state index is -0.362. The maximum atomic E-state index is 10.6. The van der Waals surface area contributed by atoms with Crippen LogP contribution in [0, 0.1) is 5.41 Å². The van der Waals surface area contributed by atoms with E-state index in [4.69, 9.17) is 4.42 Å². The maximum Gasteiger partial charge on any atom is 0.416 e. The molecule has 0 bridgehead atoms. The lowest BCUT2D eigenvalue weighted by atomic mass is 9.90. The summed E-state index contributed by atoms with van der Waals surface area (Å²) >= 11 is 0. The fourth-order valence-electron chi connectivity index (χ4n) is 0.939. The second kappa shape index (κ2) is 3.17. The Morgan fingerprint density at radius 3 is 2.58 bits per heavy atom. The van der Waals surface area contributed by atoms with Crippen molar-refractivity contribution >= 4 is 0 Å². The van der Waals surface area contributed by atoms with Gasteiger partial charge in [0.2, 0.25) is 0 Å². The molecule has 1 rings (SSSR count). The van der Waals surface area contributed by atoms with Crippen LogP contribution in [-0.2, 0) is 6.42 Å². The second-order valence-electron chi connectivity index (χ2n) is 4.21. The molecule has 0 amide bonds. The van der Waals surface area contributed by atoms with Gasteiger partial charge < -0.3 is 4.42 Å². The zero-order valence-electron chi connectivity index (χ0n) is 7.81. The van der Waals surface area contributed by atoms with Crippen LogP contribution in [0.5, 0.6) is 0 Å². The first-order valence-electron chi connectivity index (χ1n) is 4.15. The normalized spacial score (nSPS) is 11.9. The first kappa shape index (κ1) is 9.10. The van der Waals surface area contributed by atoms with E-state index in [-0.39, 0.29) is 11.2 Å². The topological polar surface area (TPSA) is 46.0 Å². The molecule has 0 aromatic carbocycles. The molecule has 0 spiro atoms. The lowest BCUT2D eigenvalue weighted by Crippen LogP contribution is -2.06. The van der Waals surface area contributed by atoms with Crippen LogP contribution in [0.4, 0.5) is 0 Å². The summed E-state index contributed by atoms with van der Waals surface area (Å²) in [5.41, 5.74) is 0.288. The smallest absolute Gasteiger partial charge is 0.413 e. The van der Waals surface area contributed by atoms with Gasteiger partial charge in [0.1, 0.15) is 5.76 Å². The van der Waals surface area contributed by atoms with Crippen molar-refractivity contribution in [1.82, 2.24) is 4.98 Å². The van der Waals surface area contributed by atoms with Crippen LogP contribution in [0.2, 0.25) is 0 Å². The summed E-state index contributed by atoms with van der Waals surface area (Å²) in [7, 11) is 0. The first-order chi connectivity index (χ1) is 5.47. The Hall–Kier alpha value is -0.990. The number of rotatable bonds is 2. The van der Waals surface area contributed by atoms with Crippen LogP contribution >= 0.6 is 0 Å². The van der Waals surface area contributed by atoms with Crippen molar-refractivity contribution < 1.29 is 4.42 Å². The van der Waals surface area contributed by atoms with E-state index in [0.29, 0.717) is 0 Å². The molecule has 0 aliphatic carbocycles. The van der Waals surface area contributed by atoms with Crippen molar-refractivity contribution in [3.05, 3.63) is 22.5 Å². The summed E-state index contributed by atoms with van der Waals surface area (Å²) in [5, 5.41) is 0. The zero-order chi connectivity index (χ0) is 9.19. The average molecular weight is 169 g/mol. The van der Waals surface area contributed by atoms with E-state index in [1.165, 1.54) is 0 Å². The number of aromatic amines is 1. The van der Waals surface area contributed by atoms with E-state index < -0.39 is 0 Å². The highest BCUT2D eigenvalue weighted by atomic mass is 16.4. The SMILES string of the molecule is CC(C)(C)CCc1c[nH]c(=O)o1. The van der Waals surface area contributed by atoms with Gasteiger partial charge in [-0.3, -0.25) is 4.98 Å². The van der Waals surface area contributed by atoms with Gasteiger partial charge in [-0.2, -0.15) is 0 Å². The summed E-state index contributed by atoms with van der Waals surface area (Å²) in [5.74, 6) is 0.383. The van der Waals surface area contributed by atoms with Gasteiger partial charge in [0.05, 0.1) is 0 Å². The van der Waals surface area contributed by atoms with Crippen molar-refractivity contribution in [3.63, 3.8) is 0 Å². The van der Waals surface area contributed by atoms with Crippen molar-refractivity contribution in [1.29, 1.82) is 0 Å². The van der Waals surface area contributed by atoms with Gasteiger partial charge in [-0.05, 0) is 11.8 Å². The number of aryl methyl sites for hydroxylation is 1. The van der Waals surface area contributed by atoms with Gasteiger partial charge in [0.15, 0.2) is 0 Å². The molecule has 0 radical (unpaired) electrons. The minimum absolute atomic E-state index is 0.288. The van der Waals surface area contributed by atoms with Crippen molar-refractivity contribution in [2.75, 3.05) is 0 Å². The summed E-state index contributed by atoms with van der Waals surface area (Å²) in [6.45, 7) is 6.49. The van der Waals surface area contributed by atoms with Crippen LogP contribution in [0.1, 0.15) is 33.0 Å². The Morgan fingerprint density at radius 2 is 2.17 bits per heavy atom. The zero-order valence-corrected chi connectivity index (χ0v) is 7.81. The predicted molar refractivity (Wildman–Crippen MR) is 47.1 cm³/mol. The molecular formula is C9H15NO2. The van der Waals surface area contributed by atoms with Gasteiger partial charge in [-0.1, -0.05) is 20.8 Å². The standard InChI is InChI=1S/C9H15NO2/c1-9(2,3)5-4-7-6-10-8(11)12-7/h6H,4-5H2,1-3H3,(H,10,11). The molecule has 68 valence electrons. The molecule has 0 atom stereocenters. The molecule has 0 aliphatic heterocycles. The van der Waals surface area contributed by atoms with Crippen LogP contribution in [-0.4, -0.2) is 4.98 Å². The van der Waals surface area contributed by atoms with Crippen LogP contribution in [0.25, 0.3) is 0 Å². The number of hydrogen-bond acceptors (Lipinski definition) is 2. The summed E-state index contributed by atoms with van der Waals surface area (Å²) in [4.78, 5) is 13.1. The van der Waals surface area contributed by atoms with Gasteiger partial charge >= 0.3 is 5.76 Å².